The summed E-state index contributed by atoms with van der Waals surface area (Å²) in [6.07, 6.45) is 0.867. The van der Waals surface area contributed by atoms with Crippen LogP contribution in [0, 0.1) is 0 Å². The lowest BCUT2D eigenvalue weighted by atomic mass is 9.95. The number of amides is 1. The van der Waals surface area contributed by atoms with E-state index < -0.39 is 17.7 Å². The van der Waals surface area contributed by atoms with Crippen molar-refractivity contribution in [3.05, 3.63) is 101 Å². The van der Waals surface area contributed by atoms with Gasteiger partial charge in [-0.25, -0.2) is 0 Å². The van der Waals surface area contributed by atoms with Crippen molar-refractivity contribution < 1.29 is 24.2 Å². The lowest BCUT2D eigenvalue weighted by Gasteiger charge is -2.22. The van der Waals surface area contributed by atoms with Crippen LogP contribution >= 0.6 is 23.1 Å². The fourth-order valence-electron chi connectivity index (χ4n) is 4.42. The minimum atomic E-state index is -0.901. The Morgan fingerprint density at radius 2 is 1.61 bits per heavy atom. The van der Waals surface area contributed by atoms with Gasteiger partial charge >= 0.3 is 5.91 Å². The lowest BCUT2D eigenvalue weighted by molar-refractivity contribution is -0.132. The zero-order valence-electron chi connectivity index (χ0n) is 22.6. The van der Waals surface area contributed by atoms with Crippen LogP contribution in [0.4, 0.5) is 5.13 Å². The number of anilines is 1. The molecule has 5 rings (SSSR count). The Hall–Kier alpha value is -4.15. The maximum Gasteiger partial charge on any atom is 0.301 e. The van der Waals surface area contributed by atoms with E-state index in [4.69, 9.17) is 9.47 Å². The number of carbonyl (C=O) groups excluding carboxylic acids is 2. The van der Waals surface area contributed by atoms with Gasteiger partial charge in [0.05, 0.1) is 24.8 Å². The molecule has 1 unspecified atom stereocenters. The highest BCUT2D eigenvalue weighted by atomic mass is 32.2. The molecule has 0 radical (unpaired) electrons. The first-order chi connectivity index (χ1) is 20.0. The van der Waals surface area contributed by atoms with Gasteiger partial charge in [0, 0.05) is 11.3 Å². The third-order valence-electron chi connectivity index (χ3n) is 6.36. The number of nitrogens with zero attached hydrogens (tertiary/aromatic N) is 3. The number of benzene rings is 3. The van der Waals surface area contributed by atoms with Crippen LogP contribution in [0.2, 0.25) is 0 Å². The van der Waals surface area contributed by atoms with Gasteiger partial charge in [-0.15, -0.1) is 10.2 Å². The van der Waals surface area contributed by atoms with Gasteiger partial charge in [0.2, 0.25) is 5.13 Å². The number of hydrogen-bond acceptors (Lipinski definition) is 9. The van der Waals surface area contributed by atoms with Gasteiger partial charge < -0.3 is 14.6 Å². The third-order valence-corrected chi connectivity index (χ3v) is 8.49. The summed E-state index contributed by atoms with van der Waals surface area (Å²) in [6.45, 7) is 4.98. The molecule has 1 fully saturated rings. The van der Waals surface area contributed by atoms with E-state index in [0.29, 0.717) is 45.9 Å². The summed E-state index contributed by atoms with van der Waals surface area (Å²) in [7, 11) is 0. The number of ketones is 1. The van der Waals surface area contributed by atoms with E-state index >= 15 is 0 Å². The van der Waals surface area contributed by atoms with Crippen molar-refractivity contribution in [2.45, 2.75) is 36.4 Å². The third kappa shape index (κ3) is 6.28. The molecule has 0 aliphatic carbocycles. The molecule has 41 heavy (non-hydrogen) atoms. The zero-order valence-corrected chi connectivity index (χ0v) is 24.3. The topological polar surface area (TPSA) is 102 Å². The van der Waals surface area contributed by atoms with Crippen LogP contribution in [0.3, 0.4) is 0 Å². The van der Waals surface area contributed by atoms with Crippen LogP contribution < -0.4 is 14.4 Å². The van der Waals surface area contributed by atoms with Crippen molar-refractivity contribution in [2.75, 3.05) is 18.1 Å². The second-order valence-electron chi connectivity index (χ2n) is 9.17. The lowest BCUT2D eigenvalue weighted by Crippen LogP contribution is -2.29. The van der Waals surface area contributed by atoms with Crippen LogP contribution in [0.5, 0.6) is 11.5 Å². The van der Waals surface area contributed by atoms with Gasteiger partial charge in [-0.1, -0.05) is 72.5 Å². The Labute approximate surface area is 246 Å². The molecule has 1 atom stereocenters. The summed E-state index contributed by atoms with van der Waals surface area (Å²) in [6, 6.07) is 23.0. The minimum Gasteiger partial charge on any atom is -0.507 e. The van der Waals surface area contributed by atoms with Gasteiger partial charge in [0.25, 0.3) is 5.78 Å². The number of carbonyl (C=O) groups is 2. The Balaban J connectivity index is 1.52. The fraction of sp³-hybridized carbons (Fsp3) is 0.226. The number of aliphatic hydroxyl groups is 1. The van der Waals surface area contributed by atoms with Crippen molar-refractivity contribution >= 4 is 45.7 Å². The van der Waals surface area contributed by atoms with E-state index in [1.165, 1.54) is 28.0 Å². The Morgan fingerprint density at radius 1 is 0.927 bits per heavy atom. The van der Waals surface area contributed by atoms with Crippen molar-refractivity contribution in [2.24, 2.45) is 0 Å². The van der Waals surface area contributed by atoms with Gasteiger partial charge in [-0.3, -0.25) is 14.5 Å². The van der Waals surface area contributed by atoms with Gasteiger partial charge in [-0.2, -0.15) is 0 Å². The highest BCUT2D eigenvalue weighted by Crippen LogP contribution is 2.44. The SMILES string of the molecule is CCCOc1ccc(C2/C(=C(/O)c3ccc(OCC)cc3)C(=O)C(=O)N2c2nnc(SCc3ccccc3)s2)cc1. The largest absolute Gasteiger partial charge is 0.507 e. The van der Waals surface area contributed by atoms with Gasteiger partial charge in [0.1, 0.15) is 17.3 Å². The normalized spacial score (nSPS) is 16.2. The summed E-state index contributed by atoms with van der Waals surface area (Å²) >= 11 is 2.74. The molecule has 1 aliphatic heterocycles. The smallest absolute Gasteiger partial charge is 0.301 e. The van der Waals surface area contributed by atoms with Crippen LogP contribution in [0.1, 0.15) is 43.0 Å². The Kier molecular flexibility index (Phi) is 9.01. The number of aliphatic hydroxyl groups excluding tert-OH is 1. The van der Waals surface area contributed by atoms with E-state index in [-0.39, 0.29) is 16.5 Å². The van der Waals surface area contributed by atoms with Gasteiger partial charge in [-0.05, 0) is 60.9 Å². The quantitative estimate of drug-likeness (QED) is 0.0685. The summed E-state index contributed by atoms with van der Waals surface area (Å²) in [4.78, 5) is 28.3. The number of Topliss-reactive ketones (excluding diaryl/α,β-unsaturated/α-hetero) is 1. The predicted molar refractivity (Wildman–Crippen MR) is 161 cm³/mol. The number of ether oxygens (including phenoxy) is 2. The maximum absolute atomic E-state index is 13.5. The van der Waals surface area contributed by atoms with E-state index in [2.05, 4.69) is 10.2 Å². The Bertz CT molecular complexity index is 1540. The molecule has 0 bridgehead atoms. The minimum absolute atomic E-state index is 0.0184. The number of hydrogen-bond donors (Lipinski definition) is 1. The van der Waals surface area contributed by atoms with E-state index in [1.54, 1.807) is 48.5 Å². The van der Waals surface area contributed by atoms with E-state index in [9.17, 15) is 14.7 Å². The standard InChI is InChI=1S/C31H29N3O5S2/c1-3-18-39-24-14-10-21(11-15-24)26-25(27(35)22-12-16-23(17-13-22)38-4-2)28(36)29(37)34(26)30-32-33-31(41-30)40-19-20-8-6-5-7-9-20/h5-17,26,35H,3-4,18-19H2,1-2H3/b27-25-. The molecule has 3 aromatic carbocycles. The van der Waals surface area contributed by atoms with Crippen molar-refractivity contribution in [1.29, 1.82) is 0 Å². The summed E-state index contributed by atoms with van der Waals surface area (Å²) in [5.74, 6) is 0.168. The van der Waals surface area contributed by atoms with Crippen molar-refractivity contribution in [3.63, 3.8) is 0 Å². The second kappa shape index (κ2) is 13.0. The molecule has 1 saturated heterocycles. The molecule has 0 spiro atoms. The van der Waals surface area contributed by atoms with E-state index in [0.717, 1.165) is 12.0 Å². The molecule has 1 amide bonds. The Morgan fingerprint density at radius 3 is 2.29 bits per heavy atom. The first-order valence-electron chi connectivity index (χ1n) is 13.3. The second-order valence-corrected chi connectivity index (χ2v) is 11.3. The summed E-state index contributed by atoms with van der Waals surface area (Å²) in [5, 5.41) is 20.2. The van der Waals surface area contributed by atoms with Gasteiger partial charge in [0.15, 0.2) is 4.34 Å². The number of thioether (sulfide) groups is 1. The fourth-order valence-corrected chi connectivity index (χ4v) is 6.24. The molecule has 2 heterocycles. The van der Waals surface area contributed by atoms with Crippen LogP contribution in [-0.2, 0) is 15.3 Å². The summed E-state index contributed by atoms with van der Waals surface area (Å²) < 4.78 is 11.9. The zero-order chi connectivity index (χ0) is 28.8. The van der Waals surface area contributed by atoms with Crippen molar-refractivity contribution in [3.8, 4) is 11.5 Å². The summed E-state index contributed by atoms with van der Waals surface area (Å²) in [5.41, 5.74) is 2.15. The molecular weight excluding hydrogens is 558 g/mol. The molecule has 1 N–H and O–H groups in total. The average molecular weight is 588 g/mol. The number of rotatable bonds is 11. The van der Waals surface area contributed by atoms with Crippen LogP contribution in [0.15, 0.2) is 88.8 Å². The van der Waals surface area contributed by atoms with Crippen molar-refractivity contribution in [1.82, 2.24) is 10.2 Å². The first kappa shape index (κ1) is 28.4. The predicted octanol–water partition coefficient (Wildman–Crippen LogP) is 6.64. The molecule has 4 aromatic rings. The molecular formula is C31H29N3O5S2. The van der Waals surface area contributed by atoms with Crippen LogP contribution in [0.25, 0.3) is 5.76 Å². The molecule has 210 valence electrons. The molecule has 8 nitrogen and oxygen atoms in total. The average Bonchev–Trinajstić information content (AvgIpc) is 3.58. The maximum atomic E-state index is 13.5. The highest BCUT2D eigenvalue weighted by Gasteiger charge is 2.48. The molecule has 0 saturated carbocycles. The van der Waals surface area contributed by atoms with Crippen LogP contribution in [-0.4, -0.2) is 40.2 Å². The first-order valence-corrected chi connectivity index (χ1v) is 15.1. The molecule has 1 aliphatic rings. The molecule has 10 heteroatoms. The monoisotopic (exact) mass is 587 g/mol. The molecule has 1 aromatic heterocycles. The number of aromatic nitrogens is 2. The highest BCUT2D eigenvalue weighted by molar-refractivity contribution is 8.00. The van der Waals surface area contributed by atoms with E-state index in [1.807, 2.05) is 44.2 Å².